The van der Waals surface area contributed by atoms with Gasteiger partial charge in [0.2, 0.25) is 0 Å². The van der Waals surface area contributed by atoms with Crippen molar-refractivity contribution in [2.45, 2.75) is 111 Å². The molecule has 0 radical (unpaired) electrons. The fourth-order valence-corrected chi connectivity index (χ4v) is 11.0. The van der Waals surface area contributed by atoms with Gasteiger partial charge in [-0.3, -0.25) is 4.79 Å². The first-order chi connectivity index (χ1) is 16.6. The molecule has 0 aromatic heterocycles. The van der Waals surface area contributed by atoms with E-state index in [-0.39, 0.29) is 40.6 Å². The molecule has 6 nitrogen and oxygen atoms in total. The topological polar surface area (TPSA) is 118 Å². The first-order valence-corrected chi connectivity index (χ1v) is 14.2. The van der Waals surface area contributed by atoms with Gasteiger partial charge in [0, 0.05) is 11.3 Å². The summed E-state index contributed by atoms with van der Waals surface area (Å²) >= 11 is 0. The second-order valence-corrected chi connectivity index (χ2v) is 14.7. The summed E-state index contributed by atoms with van der Waals surface area (Å²) in [5.41, 5.74) is -2.28. The zero-order valence-corrected chi connectivity index (χ0v) is 23.0. The number of carbonyl (C=O) groups is 1. The average Bonchev–Trinajstić information content (AvgIpc) is 2.80. The smallest absolute Gasteiger partial charge is 0.310 e. The number of aliphatic carboxylic acids is 1. The van der Waals surface area contributed by atoms with E-state index in [1.165, 1.54) is 0 Å². The van der Waals surface area contributed by atoms with Gasteiger partial charge < -0.3 is 25.5 Å². The Balaban J connectivity index is 1.65. The molecule has 5 aliphatic carbocycles. The van der Waals surface area contributed by atoms with Crippen LogP contribution in [0.1, 0.15) is 92.9 Å². The predicted octanol–water partition coefficient (Wildman–Crippen LogP) is 4.15. The molecule has 204 valence electrons. The van der Waals surface area contributed by atoms with Crippen molar-refractivity contribution in [3.05, 3.63) is 11.6 Å². The number of hydrogen-bond donors (Lipinski definition) is 5. The van der Waals surface area contributed by atoms with Gasteiger partial charge in [0.05, 0.1) is 29.8 Å². The normalized spacial score (nSPS) is 58.6. The van der Waals surface area contributed by atoms with Gasteiger partial charge >= 0.3 is 5.97 Å². The number of fused-ring (bicyclic) bond motifs is 7. The fourth-order valence-electron chi connectivity index (χ4n) is 11.0. The summed E-state index contributed by atoms with van der Waals surface area (Å²) in [5.74, 6) is -0.834. The van der Waals surface area contributed by atoms with E-state index >= 15 is 0 Å². The molecule has 0 amide bonds. The molecule has 5 rings (SSSR count). The molecule has 0 spiro atoms. The SMILES string of the molecule is C[C@H]1CC[C@@]2(C(=O)O)CC[C@]3(C)C(=CC[C@H]4[C@@]5(C)C[C@H](O)[C@H](O)[C@@](C)(CO)[C@@H]5CC[C@@]43C)[C@@H]2[C@@]1(C)O. The van der Waals surface area contributed by atoms with Gasteiger partial charge in [-0.05, 0) is 92.3 Å². The Morgan fingerprint density at radius 2 is 1.67 bits per heavy atom. The minimum absolute atomic E-state index is 0.0252. The molecule has 0 aromatic rings. The Morgan fingerprint density at radius 1 is 1.00 bits per heavy atom. The van der Waals surface area contributed by atoms with Gasteiger partial charge in [-0.25, -0.2) is 0 Å². The van der Waals surface area contributed by atoms with Crippen molar-refractivity contribution in [3.63, 3.8) is 0 Å². The lowest BCUT2D eigenvalue weighted by atomic mass is 9.33. The Kier molecular flexibility index (Phi) is 5.77. The molecule has 0 aliphatic heterocycles. The van der Waals surface area contributed by atoms with Gasteiger partial charge in [0.1, 0.15) is 0 Å². The predicted molar refractivity (Wildman–Crippen MR) is 137 cm³/mol. The number of rotatable bonds is 2. The maximum atomic E-state index is 12.8. The van der Waals surface area contributed by atoms with Crippen LogP contribution in [-0.2, 0) is 4.79 Å². The lowest BCUT2D eigenvalue weighted by Gasteiger charge is -2.72. The lowest BCUT2D eigenvalue weighted by molar-refractivity contribution is -0.247. The zero-order chi connectivity index (χ0) is 26.7. The summed E-state index contributed by atoms with van der Waals surface area (Å²) < 4.78 is 0. The Bertz CT molecular complexity index is 974. The molecule has 0 saturated heterocycles. The standard InChI is InChI=1S/C30H48O6/c1-17-9-12-30(24(34)35)14-13-27(4)18(22(30)29(17,6)36)7-8-21-25(2)15-19(32)23(33)26(3,16-31)20(25)10-11-28(21,27)5/h7,17,19-23,31-33,36H,8-16H2,1-6H3,(H,34,35)/t17-,19-,20+,21-,22+,23-,25-,26-,27+,28-,29-,30+/m0/s1. The van der Waals surface area contributed by atoms with Crippen LogP contribution in [0.3, 0.4) is 0 Å². The summed E-state index contributed by atoms with van der Waals surface area (Å²) in [7, 11) is 0. The monoisotopic (exact) mass is 504 g/mol. The highest BCUT2D eigenvalue weighted by atomic mass is 16.4. The lowest BCUT2D eigenvalue weighted by Crippen LogP contribution is -2.69. The van der Waals surface area contributed by atoms with Crippen LogP contribution >= 0.6 is 0 Å². The molecule has 5 aliphatic rings. The van der Waals surface area contributed by atoms with E-state index in [1.54, 1.807) is 0 Å². The van der Waals surface area contributed by atoms with Crippen molar-refractivity contribution in [2.75, 3.05) is 6.61 Å². The molecule has 0 heterocycles. The zero-order valence-electron chi connectivity index (χ0n) is 23.0. The van der Waals surface area contributed by atoms with Crippen LogP contribution in [0.4, 0.5) is 0 Å². The van der Waals surface area contributed by atoms with Crippen molar-refractivity contribution in [1.82, 2.24) is 0 Å². The fraction of sp³-hybridized carbons (Fsp3) is 0.900. The molecule has 5 N–H and O–H groups in total. The molecule has 6 heteroatoms. The second-order valence-electron chi connectivity index (χ2n) is 14.7. The average molecular weight is 505 g/mol. The van der Waals surface area contributed by atoms with E-state index in [0.29, 0.717) is 19.3 Å². The summed E-state index contributed by atoms with van der Waals surface area (Å²) in [6.07, 6.45) is 6.20. The van der Waals surface area contributed by atoms with Gasteiger partial charge in [-0.2, -0.15) is 0 Å². The third kappa shape index (κ3) is 2.91. The van der Waals surface area contributed by atoms with Crippen LogP contribution in [0.5, 0.6) is 0 Å². The minimum Gasteiger partial charge on any atom is -0.481 e. The van der Waals surface area contributed by atoms with Crippen LogP contribution in [0.2, 0.25) is 0 Å². The number of hydrogen-bond acceptors (Lipinski definition) is 5. The van der Waals surface area contributed by atoms with Crippen molar-refractivity contribution in [3.8, 4) is 0 Å². The highest BCUT2D eigenvalue weighted by Crippen LogP contribution is 2.76. The molecule has 0 bridgehead atoms. The summed E-state index contributed by atoms with van der Waals surface area (Å²) in [6.45, 7) is 12.6. The first-order valence-electron chi connectivity index (χ1n) is 14.2. The highest BCUT2D eigenvalue weighted by molar-refractivity contribution is 5.77. The quantitative estimate of drug-likeness (QED) is 0.361. The van der Waals surface area contributed by atoms with Crippen LogP contribution < -0.4 is 0 Å². The number of carboxylic acids is 1. The molecule has 0 aromatic carbocycles. The maximum Gasteiger partial charge on any atom is 0.310 e. The van der Waals surface area contributed by atoms with Crippen LogP contribution in [0.25, 0.3) is 0 Å². The van der Waals surface area contributed by atoms with E-state index < -0.39 is 40.5 Å². The number of carboxylic acid groups (broad SMARTS) is 1. The molecule has 36 heavy (non-hydrogen) atoms. The highest BCUT2D eigenvalue weighted by Gasteiger charge is 2.72. The van der Waals surface area contributed by atoms with E-state index in [1.807, 2.05) is 13.8 Å². The number of aliphatic hydroxyl groups excluding tert-OH is 3. The summed E-state index contributed by atoms with van der Waals surface area (Å²) in [5, 5.41) is 54.8. The molecule has 12 atom stereocenters. The molecular formula is C30H48O6. The molecule has 0 unspecified atom stereocenters. The minimum atomic E-state index is -1.09. The Labute approximate surface area is 216 Å². The molecule has 4 fully saturated rings. The maximum absolute atomic E-state index is 12.8. The van der Waals surface area contributed by atoms with Gasteiger partial charge in [0.15, 0.2) is 0 Å². The number of aliphatic hydroxyl groups is 4. The molecule has 4 saturated carbocycles. The van der Waals surface area contributed by atoms with Gasteiger partial charge in [-0.15, -0.1) is 0 Å². The van der Waals surface area contributed by atoms with E-state index in [4.69, 9.17) is 0 Å². The first kappa shape index (κ1) is 26.6. The third-order valence-electron chi connectivity index (χ3n) is 13.6. The van der Waals surface area contributed by atoms with E-state index in [2.05, 4.69) is 33.8 Å². The van der Waals surface area contributed by atoms with Crippen molar-refractivity contribution < 1.29 is 30.3 Å². The van der Waals surface area contributed by atoms with Crippen molar-refractivity contribution in [1.29, 1.82) is 0 Å². The summed E-state index contributed by atoms with van der Waals surface area (Å²) in [4.78, 5) is 12.8. The largest absolute Gasteiger partial charge is 0.481 e. The Hall–Kier alpha value is -0.950. The third-order valence-corrected chi connectivity index (χ3v) is 13.6. The van der Waals surface area contributed by atoms with E-state index in [9.17, 15) is 30.3 Å². The van der Waals surface area contributed by atoms with Gasteiger partial charge in [-0.1, -0.05) is 46.3 Å². The van der Waals surface area contributed by atoms with Crippen molar-refractivity contribution >= 4 is 5.97 Å². The van der Waals surface area contributed by atoms with E-state index in [0.717, 1.165) is 37.7 Å². The van der Waals surface area contributed by atoms with Crippen molar-refractivity contribution in [2.24, 2.45) is 50.7 Å². The number of allylic oxidation sites excluding steroid dienone is 1. The second kappa shape index (κ2) is 7.80. The summed E-state index contributed by atoms with van der Waals surface area (Å²) in [6, 6.07) is 0. The van der Waals surface area contributed by atoms with Crippen LogP contribution in [0.15, 0.2) is 11.6 Å². The van der Waals surface area contributed by atoms with Crippen LogP contribution in [0, 0.1) is 50.7 Å². The van der Waals surface area contributed by atoms with Gasteiger partial charge in [0.25, 0.3) is 0 Å². The Morgan fingerprint density at radius 3 is 2.28 bits per heavy atom. The molecular weight excluding hydrogens is 456 g/mol. The van der Waals surface area contributed by atoms with Crippen LogP contribution in [-0.4, -0.2) is 55.9 Å².